The van der Waals surface area contributed by atoms with Crippen molar-refractivity contribution in [3.05, 3.63) is 12.2 Å². The van der Waals surface area contributed by atoms with E-state index in [9.17, 15) is 0 Å². The van der Waals surface area contributed by atoms with Crippen molar-refractivity contribution in [2.24, 2.45) is 5.92 Å². The summed E-state index contributed by atoms with van der Waals surface area (Å²) in [6.45, 7) is 11.8. The lowest BCUT2D eigenvalue weighted by Crippen LogP contribution is -2.49. The molecule has 0 amide bonds. The Bertz CT molecular complexity index is 290. The third kappa shape index (κ3) is 2.02. The second kappa shape index (κ2) is 3.31. The highest BCUT2D eigenvalue weighted by molar-refractivity contribution is 6.86. The highest BCUT2D eigenvalue weighted by atomic mass is 28.4. The van der Waals surface area contributed by atoms with Gasteiger partial charge in [-0.2, -0.15) is 0 Å². The van der Waals surface area contributed by atoms with Crippen molar-refractivity contribution >= 4 is 16.6 Å². The molecule has 2 bridgehead atoms. The van der Waals surface area contributed by atoms with Crippen LogP contribution in [0.15, 0.2) is 12.2 Å². The first kappa shape index (κ1) is 11.6. The highest BCUT2D eigenvalue weighted by Crippen LogP contribution is 2.60. The summed E-state index contributed by atoms with van der Waals surface area (Å²) in [7, 11) is -2.92. The Morgan fingerprint density at radius 2 is 1.87 bits per heavy atom. The largest absolute Gasteiger partial charge is 0.455 e. The van der Waals surface area contributed by atoms with E-state index in [-0.39, 0.29) is 0 Å². The summed E-state index contributed by atoms with van der Waals surface area (Å²) in [6, 6.07) is 0. The lowest BCUT2D eigenvalue weighted by Gasteiger charge is -2.43. The zero-order chi connectivity index (χ0) is 11.3. The molecule has 0 spiro atoms. The standard InChI is InChI=1S/C12H24OSi2/c1-14(2,3)13-15(4,5)12-8-6-11(10-12)7-9-12/h6,8,11H,7,9-10H2,1-5H3. The number of hydrogen-bond donors (Lipinski definition) is 0. The molecule has 0 saturated heterocycles. The minimum atomic E-state index is -1.54. The molecule has 2 aliphatic rings. The fraction of sp³-hybridized carbons (Fsp3) is 0.833. The molecule has 0 heterocycles. The van der Waals surface area contributed by atoms with E-state index >= 15 is 0 Å². The van der Waals surface area contributed by atoms with Crippen molar-refractivity contribution < 1.29 is 4.12 Å². The Balaban J connectivity index is 2.19. The maximum absolute atomic E-state index is 6.56. The number of hydrogen-bond acceptors (Lipinski definition) is 1. The zero-order valence-electron chi connectivity index (χ0n) is 10.8. The summed E-state index contributed by atoms with van der Waals surface area (Å²) in [4.78, 5) is 0. The van der Waals surface area contributed by atoms with Gasteiger partial charge in [-0.3, -0.25) is 0 Å². The fourth-order valence-corrected chi connectivity index (χ4v) is 12.3. The van der Waals surface area contributed by atoms with E-state index < -0.39 is 16.6 Å². The summed E-state index contributed by atoms with van der Waals surface area (Å²) in [5, 5.41) is 0.484. The van der Waals surface area contributed by atoms with Crippen molar-refractivity contribution in [3.8, 4) is 0 Å². The van der Waals surface area contributed by atoms with Crippen LogP contribution in [0, 0.1) is 5.92 Å². The molecule has 1 fully saturated rings. The molecular weight excluding hydrogens is 216 g/mol. The average molecular weight is 240 g/mol. The molecular formula is C12H24OSi2. The third-order valence-corrected chi connectivity index (χ3v) is 11.5. The van der Waals surface area contributed by atoms with Gasteiger partial charge in [-0.1, -0.05) is 12.2 Å². The molecule has 2 unspecified atom stereocenters. The Morgan fingerprint density at radius 1 is 1.20 bits per heavy atom. The topological polar surface area (TPSA) is 9.23 Å². The van der Waals surface area contributed by atoms with Crippen LogP contribution < -0.4 is 0 Å². The van der Waals surface area contributed by atoms with Gasteiger partial charge < -0.3 is 4.12 Å². The van der Waals surface area contributed by atoms with E-state index in [0.717, 1.165) is 5.92 Å². The van der Waals surface area contributed by atoms with Crippen LogP contribution in [0.4, 0.5) is 0 Å². The van der Waals surface area contributed by atoms with Crippen LogP contribution in [0.3, 0.4) is 0 Å². The monoisotopic (exact) mass is 240 g/mol. The van der Waals surface area contributed by atoms with Crippen LogP contribution in [0.25, 0.3) is 0 Å². The lowest BCUT2D eigenvalue weighted by molar-refractivity contribution is 0.487. The number of rotatable bonds is 3. The van der Waals surface area contributed by atoms with E-state index in [1.54, 1.807) is 0 Å². The Labute approximate surface area is 96.2 Å². The number of fused-ring (bicyclic) bond motifs is 2. The SMILES string of the molecule is C[Si](C)(C)O[Si](C)(C)C12C=CC(CC1)C2. The summed E-state index contributed by atoms with van der Waals surface area (Å²) < 4.78 is 6.56. The average Bonchev–Trinajstić information content (AvgIpc) is 2.58. The van der Waals surface area contributed by atoms with Crippen molar-refractivity contribution in [1.29, 1.82) is 0 Å². The van der Waals surface area contributed by atoms with Gasteiger partial charge in [-0.15, -0.1) is 0 Å². The molecule has 0 aromatic carbocycles. The molecule has 0 aliphatic heterocycles. The van der Waals surface area contributed by atoms with Crippen molar-refractivity contribution in [1.82, 2.24) is 0 Å². The molecule has 2 aliphatic carbocycles. The van der Waals surface area contributed by atoms with Crippen LogP contribution in [-0.4, -0.2) is 16.6 Å². The summed E-state index contributed by atoms with van der Waals surface area (Å²) in [6.07, 6.45) is 9.13. The lowest BCUT2D eigenvalue weighted by atomic mass is 10.1. The van der Waals surface area contributed by atoms with Crippen LogP contribution in [0.2, 0.25) is 37.8 Å². The van der Waals surface area contributed by atoms with E-state index in [4.69, 9.17) is 4.12 Å². The normalized spacial score (nSPS) is 35.1. The quantitative estimate of drug-likeness (QED) is 0.532. The molecule has 15 heavy (non-hydrogen) atoms. The summed E-state index contributed by atoms with van der Waals surface area (Å²) >= 11 is 0. The first-order valence-corrected chi connectivity index (χ1v) is 12.5. The van der Waals surface area contributed by atoms with Gasteiger partial charge in [0.2, 0.25) is 0 Å². The maximum atomic E-state index is 6.56. The second-order valence-corrected chi connectivity index (χ2v) is 15.8. The van der Waals surface area contributed by atoms with Gasteiger partial charge in [0.15, 0.2) is 16.6 Å². The van der Waals surface area contributed by atoms with Crippen LogP contribution in [-0.2, 0) is 4.12 Å². The zero-order valence-corrected chi connectivity index (χ0v) is 12.8. The molecule has 0 aromatic rings. The highest BCUT2D eigenvalue weighted by Gasteiger charge is 2.54. The molecule has 0 N–H and O–H groups in total. The molecule has 2 rings (SSSR count). The van der Waals surface area contributed by atoms with Crippen LogP contribution >= 0.6 is 0 Å². The van der Waals surface area contributed by atoms with E-state index in [1.165, 1.54) is 19.3 Å². The second-order valence-electron chi connectivity index (χ2n) is 6.74. The predicted molar refractivity (Wildman–Crippen MR) is 71.1 cm³/mol. The maximum Gasteiger partial charge on any atom is 0.183 e. The fourth-order valence-electron chi connectivity index (χ4n) is 3.37. The van der Waals surface area contributed by atoms with Gasteiger partial charge in [-0.05, 0) is 57.9 Å². The summed E-state index contributed by atoms with van der Waals surface area (Å²) in [5.74, 6) is 0.877. The minimum Gasteiger partial charge on any atom is -0.455 e. The van der Waals surface area contributed by atoms with Crippen molar-refractivity contribution in [2.75, 3.05) is 0 Å². The molecule has 0 radical (unpaired) electrons. The van der Waals surface area contributed by atoms with Gasteiger partial charge in [-0.25, -0.2) is 0 Å². The van der Waals surface area contributed by atoms with Gasteiger partial charge in [0.25, 0.3) is 0 Å². The Hall–Kier alpha value is 0.134. The van der Waals surface area contributed by atoms with Crippen LogP contribution in [0.5, 0.6) is 0 Å². The molecule has 0 aromatic heterocycles. The molecule has 86 valence electrons. The van der Waals surface area contributed by atoms with Gasteiger partial charge >= 0.3 is 0 Å². The minimum absolute atomic E-state index is 0.484. The van der Waals surface area contributed by atoms with Gasteiger partial charge in [0.05, 0.1) is 0 Å². The molecule has 1 saturated carbocycles. The van der Waals surface area contributed by atoms with Crippen LogP contribution in [0.1, 0.15) is 19.3 Å². The van der Waals surface area contributed by atoms with E-state index in [2.05, 4.69) is 44.9 Å². The van der Waals surface area contributed by atoms with Crippen molar-refractivity contribution in [2.45, 2.75) is 57.0 Å². The summed E-state index contributed by atoms with van der Waals surface area (Å²) in [5.41, 5.74) is 0. The third-order valence-electron chi connectivity index (χ3n) is 4.04. The van der Waals surface area contributed by atoms with E-state index in [0.29, 0.717) is 5.04 Å². The first-order chi connectivity index (χ1) is 6.74. The molecule has 1 nitrogen and oxygen atoms in total. The molecule has 3 heteroatoms. The number of allylic oxidation sites excluding steroid dienone is 2. The smallest absolute Gasteiger partial charge is 0.183 e. The van der Waals surface area contributed by atoms with Gasteiger partial charge in [0, 0.05) is 5.04 Å². The van der Waals surface area contributed by atoms with Gasteiger partial charge in [0.1, 0.15) is 0 Å². The Kier molecular flexibility index (Phi) is 2.56. The Morgan fingerprint density at radius 3 is 2.20 bits per heavy atom. The van der Waals surface area contributed by atoms with E-state index in [1.807, 2.05) is 0 Å². The molecule has 2 atom stereocenters. The first-order valence-electron chi connectivity index (χ1n) is 6.14. The van der Waals surface area contributed by atoms with Crippen molar-refractivity contribution in [3.63, 3.8) is 0 Å². The predicted octanol–water partition coefficient (Wildman–Crippen LogP) is 4.15.